The highest BCUT2D eigenvalue weighted by molar-refractivity contribution is 7.90. The number of hydrogen-bond acceptors (Lipinski definition) is 5. The second-order valence-corrected chi connectivity index (χ2v) is 8.13. The van der Waals surface area contributed by atoms with Crippen molar-refractivity contribution >= 4 is 37.1 Å². The molecule has 2 heterocycles. The Labute approximate surface area is 133 Å². The second kappa shape index (κ2) is 5.70. The van der Waals surface area contributed by atoms with Crippen molar-refractivity contribution in [3.63, 3.8) is 0 Å². The van der Waals surface area contributed by atoms with Crippen LogP contribution in [-0.2, 0) is 9.84 Å². The van der Waals surface area contributed by atoms with Crippen LogP contribution in [0.4, 0.5) is 5.69 Å². The SMILES string of the molecule is C[C@H](Nc1ccnc2ccsc12)c1ccc(S(C)(=O)=O)cc1. The van der Waals surface area contributed by atoms with Crippen molar-refractivity contribution in [2.45, 2.75) is 17.9 Å². The van der Waals surface area contributed by atoms with Gasteiger partial charge in [-0.1, -0.05) is 12.1 Å². The summed E-state index contributed by atoms with van der Waals surface area (Å²) in [6, 6.07) is 11.0. The maximum atomic E-state index is 11.5. The van der Waals surface area contributed by atoms with Crippen molar-refractivity contribution in [1.82, 2.24) is 4.98 Å². The summed E-state index contributed by atoms with van der Waals surface area (Å²) in [4.78, 5) is 4.66. The predicted molar refractivity (Wildman–Crippen MR) is 91.2 cm³/mol. The third-order valence-electron chi connectivity index (χ3n) is 3.52. The lowest BCUT2D eigenvalue weighted by Gasteiger charge is -2.16. The Hall–Kier alpha value is -1.92. The number of anilines is 1. The third kappa shape index (κ3) is 2.98. The molecule has 0 amide bonds. The molecule has 0 aliphatic carbocycles. The zero-order valence-electron chi connectivity index (χ0n) is 12.3. The van der Waals surface area contributed by atoms with Crippen LogP contribution < -0.4 is 5.32 Å². The topological polar surface area (TPSA) is 59.1 Å². The van der Waals surface area contributed by atoms with Gasteiger partial charge in [0.25, 0.3) is 0 Å². The van der Waals surface area contributed by atoms with Crippen LogP contribution in [0, 0.1) is 0 Å². The number of hydrogen-bond donors (Lipinski definition) is 1. The first-order valence-electron chi connectivity index (χ1n) is 6.84. The van der Waals surface area contributed by atoms with E-state index in [2.05, 4.69) is 17.2 Å². The van der Waals surface area contributed by atoms with Gasteiger partial charge in [-0.3, -0.25) is 4.98 Å². The van der Waals surface area contributed by atoms with Gasteiger partial charge in [0.15, 0.2) is 9.84 Å². The number of sulfone groups is 1. The molecule has 22 heavy (non-hydrogen) atoms. The summed E-state index contributed by atoms with van der Waals surface area (Å²) < 4.78 is 24.1. The minimum absolute atomic E-state index is 0.0707. The van der Waals surface area contributed by atoms with Crippen LogP contribution in [0.1, 0.15) is 18.5 Å². The molecule has 3 aromatic rings. The van der Waals surface area contributed by atoms with Gasteiger partial charge in [0.05, 0.1) is 20.8 Å². The molecule has 1 N–H and O–H groups in total. The standard InChI is InChI=1S/C16H16N2O2S2/c1-11(12-3-5-13(6-4-12)22(2,19)20)18-15-7-9-17-14-8-10-21-16(14)15/h3-11H,1-2H3,(H,17,18)/t11-/m0/s1. The fraction of sp³-hybridized carbons (Fsp3) is 0.188. The van der Waals surface area contributed by atoms with Gasteiger partial charge >= 0.3 is 0 Å². The number of aromatic nitrogens is 1. The van der Waals surface area contributed by atoms with Crippen LogP contribution in [0.25, 0.3) is 10.2 Å². The Morgan fingerprint density at radius 1 is 1.14 bits per heavy atom. The maximum Gasteiger partial charge on any atom is 0.175 e. The molecule has 0 bridgehead atoms. The normalized spacial score (nSPS) is 13.2. The van der Waals surface area contributed by atoms with E-state index in [1.807, 2.05) is 29.6 Å². The van der Waals surface area contributed by atoms with E-state index >= 15 is 0 Å². The molecule has 4 nitrogen and oxygen atoms in total. The van der Waals surface area contributed by atoms with E-state index in [4.69, 9.17) is 0 Å². The maximum absolute atomic E-state index is 11.5. The molecule has 1 atom stereocenters. The van der Waals surface area contributed by atoms with Gasteiger partial charge in [-0.05, 0) is 42.1 Å². The Balaban J connectivity index is 1.85. The van der Waals surface area contributed by atoms with Gasteiger partial charge in [0, 0.05) is 18.5 Å². The van der Waals surface area contributed by atoms with Crippen molar-refractivity contribution in [2.75, 3.05) is 11.6 Å². The average Bonchev–Trinajstić information content (AvgIpc) is 2.96. The first kappa shape index (κ1) is 15.0. The molecular weight excluding hydrogens is 316 g/mol. The summed E-state index contributed by atoms with van der Waals surface area (Å²) >= 11 is 1.65. The van der Waals surface area contributed by atoms with Crippen molar-refractivity contribution in [3.05, 3.63) is 53.5 Å². The van der Waals surface area contributed by atoms with Crippen molar-refractivity contribution in [3.8, 4) is 0 Å². The van der Waals surface area contributed by atoms with E-state index in [0.717, 1.165) is 21.5 Å². The molecule has 2 aromatic heterocycles. The molecule has 0 aliphatic heterocycles. The Kier molecular flexibility index (Phi) is 3.88. The van der Waals surface area contributed by atoms with Gasteiger partial charge in [-0.15, -0.1) is 11.3 Å². The molecule has 114 valence electrons. The van der Waals surface area contributed by atoms with Gasteiger partial charge in [-0.25, -0.2) is 8.42 Å². The molecule has 1 aromatic carbocycles. The minimum atomic E-state index is -3.15. The highest BCUT2D eigenvalue weighted by atomic mass is 32.2. The summed E-state index contributed by atoms with van der Waals surface area (Å²) in [5.74, 6) is 0. The first-order valence-corrected chi connectivity index (χ1v) is 9.61. The summed E-state index contributed by atoms with van der Waals surface area (Å²) in [6.45, 7) is 2.05. The van der Waals surface area contributed by atoms with Gasteiger partial charge < -0.3 is 5.32 Å². The van der Waals surface area contributed by atoms with Crippen LogP contribution in [-0.4, -0.2) is 19.7 Å². The fourth-order valence-electron chi connectivity index (χ4n) is 2.31. The molecule has 0 spiro atoms. The lowest BCUT2D eigenvalue weighted by atomic mass is 10.1. The summed E-state index contributed by atoms with van der Waals surface area (Å²) in [7, 11) is -3.15. The van der Waals surface area contributed by atoms with Crippen molar-refractivity contribution in [1.29, 1.82) is 0 Å². The Morgan fingerprint density at radius 3 is 2.55 bits per heavy atom. The van der Waals surface area contributed by atoms with Crippen LogP contribution >= 0.6 is 11.3 Å². The van der Waals surface area contributed by atoms with E-state index in [0.29, 0.717) is 4.90 Å². The molecule has 6 heteroatoms. The quantitative estimate of drug-likeness (QED) is 0.788. The monoisotopic (exact) mass is 332 g/mol. The summed E-state index contributed by atoms with van der Waals surface area (Å²) in [6.07, 6.45) is 3.01. The fourth-order valence-corrected chi connectivity index (χ4v) is 3.77. The first-order chi connectivity index (χ1) is 10.4. The third-order valence-corrected chi connectivity index (χ3v) is 5.59. The molecule has 0 saturated heterocycles. The predicted octanol–water partition coefficient (Wildman–Crippen LogP) is 3.87. The largest absolute Gasteiger partial charge is 0.377 e. The van der Waals surface area contributed by atoms with Gasteiger partial charge in [-0.2, -0.15) is 0 Å². The highest BCUT2D eigenvalue weighted by Gasteiger charge is 2.11. The van der Waals surface area contributed by atoms with Crippen LogP contribution in [0.5, 0.6) is 0 Å². The smallest absolute Gasteiger partial charge is 0.175 e. The molecule has 3 rings (SSSR count). The van der Waals surface area contributed by atoms with E-state index < -0.39 is 9.84 Å². The second-order valence-electron chi connectivity index (χ2n) is 5.20. The van der Waals surface area contributed by atoms with Gasteiger partial charge in [0.2, 0.25) is 0 Å². The lowest BCUT2D eigenvalue weighted by molar-refractivity contribution is 0.602. The van der Waals surface area contributed by atoms with Crippen molar-refractivity contribution in [2.24, 2.45) is 0 Å². The molecular formula is C16H16N2O2S2. The molecule has 0 unspecified atom stereocenters. The van der Waals surface area contributed by atoms with Crippen LogP contribution in [0.15, 0.2) is 52.9 Å². The lowest BCUT2D eigenvalue weighted by Crippen LogP contribution is -2.07. The number of nitrogens with one attached hydrogen (secondary N) is 1. The van der Waals surface area contributed by atoms with Crippen LogP contribution in [0.3, 0.4) is 0 Å². The number of benzene rings is 1. The molecule has 0 saturated carbocycles. The van der Waals surface area contributed by atoms with E-state index in [-0.39, 0.29) is 6.04 Å². The number of thiophene rings is 1. The molecule has 0 aliphatic rings. The van der Waals surface area contributed by atoms with Gasteiger partial charge in [0.1, 0.15) is 0 Å². The highest BCUT2D eigenvalue weighted by Crippen LogP contribution is 2.30. The molecule has 0 fully saturated rings. The van der Waals surface area contributed by atoms with E-state index in [9.17, 15) is 8.42 Å². The number of rotatable bonds is 4. The average molecular weight is 332 g/mol. The van der Waals surface area contributed by atoms with E-state index in [1.54, 1.807) is 29.7 Å². The zero-order chi connectivity index (χ0) is 15.7. The summed E-state index contributed by atoms with van der Waals surface area (Å²) in [5, 5.41) is 5.49. The Bertz CT molecular complexity index is 899. The zero-order valence-corrected chi connectivity index (χ0v) is 13.9. The van der Waals surface area contributed by atoms with Crippen molar-refractivity contribution < 1.29 is 8.42 Å². The minimum Gasteiger partial charge on any atom is -0.377 e. The Morgan fingerprint density at radius 2 is 1.86 bits per heavy atom. The number of nitrogens with zero attached hydrogens (tertiary/aromatic N) is 1. The molecule has 0 radical (unpaired) electrons. The van der Waals surface area contributed by atoms with Crippen LogP contribution in [0.2, 0.25) is 0 Å². The summed E-state index contributed by atoms with van der Waals surface area (Å²) in [5.41, 5.74) is 3.06. The number of pyridine rings is 1. The van der Waals surface area contributed by atoms with E-state index in [1.165, 1.54) is 6.26 Å². The number of fused-ring (bicyclic) bond motifs is 1.